The largest absolute Gasteiger partial charge is 0.444 e. The van der Waals surface area contributed by atoms with Crippen molar-refractivity contribution in [2.75, 3.05) is 19.6 Å². The van der Waals surface area contributed by atoms with Crippen LogP contribution in [0.1, 0.15) is 33.3 Å². The van der Waals surface area contributed by atoms with Crippen LogP contribution < -0.4 is 10.6 Å². The Morgan fingerprint density at radius 3 is 2.79 bits per heavy atom. The first-order valence-electron chi connectivity index (χ1n) is 9.82. The number of hydrogen-bond acceptors (Lipinski definition) is 5. The number of rotatable bonds is 5. The van der Waals surface area contributed by atoms with Gasteiger partial charge in [-0.15, -0.1) is 0 Å². The second-order valence-corrected chi connectivity index (χ2v) is 7.89. The monoisotopic (exact) mass is 399 g/mol. The average molecular weight is 399 g/mol. The number of hydrogen-bond donors (Lipinski definition) is 2. The maximum absolute atomic E-state index is 12.1. The van der Waals surface area contributed by atoms with E-state index in [1.165, 1.54) is 0 Å². The van der Waals surface area contributed by atoms with Crippen molar-refractivity contribution in [3.8, 4) is 5.82 Å². The highest BCUT2D eigenvalue weighted by Gasteiger charge is 2.34. The lowest BCUT2D eigenvalue weighted by Crippen LogP contribution is -2.63. The Morgan fingerprint density at radius 2 is 2.14 bits per heavy atom. The maximum atomic E-state index is 12.1. The van der Waals surface area contributed by atoms with Crippen molar-refractivity contribution in [1.82, 2.24) is 30.3 Å². The van der Waals surface area contributed by atoms with E-state index in [4.69, 9.17) is 4.74 Å². The van der Waals surface area contributed by atoms with Gasteiger partial charge in [0, 0.05) is 38.2 Å². The molecule has 9 nitrogen and oxygen atoms in total. The second kappa shape index (κ2) is 8.93. The molecular formula is C20H29N7O2. The fourth-order valence-electron chi connectivity index (χ4n) is 2.82. The molecule has 1 aliphatic rings. The van der Waals surface area contributed by atoms with Gasteiger partial charge in [-0.1, -0.05) is 0 Å². The van der Waals surface area contributed by atoms with Crippen molar-refractivity contribution in [2.24, 2.45) is 4.99 Å². The van der Waals surface area contributed by atoms with Gasteiger partial charge in [0.25, 0.3) is 0 Å². The molecule has 2 N–H and O–H groups in total. The van der Waals surface area contributed by atoms with E-state index in [1.54, 1.807) is 22.0 Å². The summed E-state index contributed by atoms with van der Waals surface area (Å²) >= 11 is 0. The predicted octanol–water partition coefficient (Wildman–Crippen LogP) is 1.94. The summed E-state index contributed by atoms with van der Waals surface area (Å²) in [6.07, 6.45) is 5.06. The summed E-state index contributed by atoms with van der Waals surface area (Å²) in [5, 5.41) is 10.8. The summed E-state index contributed by atoms with van der Waals surface area (Å²) in [5.74, 6) is 1.48. The van der Waals surface area contributed by atoms with Gasteiger partial charge in [0.05, 0.1) is 12.6 Å². The molecule has 0 spiro atoms. The third-order valence-corrected chi connectivity index (χ3v) is 4.19. The Bertz CT molecular complexity index is 837. The molecule has 0 aliphatic carbocycles. The number of aromatic nitrogens is 3. The first-order valence-corrected chi connectivity index (χ1v) is 9.82. The number of likely N-dealkylation sites (tertiary alicyclic amines) is 1. The first kappa shape index (κ1) is 20.6. The Balaban J connectivity index is 1.55. The number of carbonyl (C=O) groups is 1. The van der Waals surface area contributed by atoms with Crippen LogP contribution in [0.25, 0.3) is 5.82 Å². The molecule has 3 rings (SSSR count). The molecule has 9 heteroatoms. The van der Waals surface area contributed by atoms with Crippen LogP contribution in [0.3, 0.4) is 0 Å². The summed E-state index contributed by atoms with van der Waals surface area (Å²) in [6, 6.07) is 5.91. The van der Waals surface area contributed by atoms with Gasteiger partial charge >= 0.3 is 6.09 Å². The van der Waals surface area contributed by atoms with Crippen LogP contribution in [-0.4, -0.2) is 63.0 Å². The molecule has 1 aliphatic heterocycles. The number of amides is 1. The van der Waals surface area contributed by atoms with Gasteiger partial charge < -0.3 is 20.3 Å². The Hall–Kier alpha value is -3.10. The zero-order valence-corrected chi connectivity index (χ0v) is 17.4. The Morgan fingerprint density at radius 1 is 1.34 bits per heavy atom. The molecule has 0 aromatic carbocycles. The number of nitrogens with zero attached hydrogens (tertiary/aromatic N) is 5. The van der Waals surface area contributed by atoms with Crippen LogP contribution in [0.15, 0.2) is 41.8 Å². The molecule has 0 saturated carbocycles. The third kappa shape index (κ3) is 5.94. The van der Waals surface area contributed by atoms with Crippen molar-refractivity contribution >= 4 is 12.1 Å². The molecule has 3 heterocycles. The molecule has 0 atom stereocenters. The number of ether oxygens (including phenoxy) is 1. The normalized spacial score (nSPS) is 15.0. The summed E-state index contributed by atoms with van der Waals surface area (Å²) in [4.78, 5) is 22.7. The third-order valence-electron chi connectivity index (χ3n) is 4.19. The fraction of sp³-hybridized carbons (Fsp3) is 0.500. The van der Waals surface area contributed by atoms with Gasteiger partial charge in [-0.2, -0.15) is 5.10 Å². The predicted molar refractivity (Wildman–Crippen MR) is 111 cm³/mol. The van der Waals surface area contributed by atoms with Gasteiger partial charge in [0.2, 0.25) is 0 Å². The molecule has 1 saturated heterocycles. The Labute approximate surface area is 171 Å². The summed E-state index contributed by atoms with van der Waals surface area (Å²) in [7, 11) is 0. The van der Waals surface area contributed by atoms with Crippen LogP contribution in [0.2, 0.25) is 0 Å². The zero-order valence-electron chi connectivity index (χ0n) is 17.4. The minimum atomic E-state index is -0.481. The standard InChI is InChI=1S/C20H29N7O2/c1-5-21-18(25-16-13-26(14-16)19(28)29-20(2,3)4)23-12-15-7-9-22-17(11-15)27-10-6-8-24-27/h6-11,16H,5,12-14H2,1-4H3,(H2,21,23,25). The van der Waals surface area contributed by atoms with Gasteiger partial charge in [0.15, 0.2) is 11.8 Å². The van der Waals surface area contributed by atoms with E-state index in [-0.39, 0.29) is 12.1 Å². The van der Waals surface area contributed by atoms with Crippen LogP contribution in [0, 0.1) is 0 Å². The molecule has 1 fully saturated rings. The van der Waals surface area contributed by atoms with Crippen molar-refractivity contribution < 1.29 is 9.53 Å². The number of nitrogens with one attached hydrogen (secondary N) is 2. The number of guanidine groups is 1. The van der Waals surface area contributed by atoms with Gasteiger partial charge in [-0.05, 0) is 51.5 Å². The summed E-state index contributed by atoms with van der Waals surface area (Å²) < 4.78 is 7.11. The average Bonchev–Trinajstić information content (AvgIpc) is 3.15. The zero-order chi connectivity index (χ0) is 20.9. The molecule has 0 unspecified atom stereocenters. The Kier molecular flexibility index (Phi) is 6.36. The van der Waals surface area contributed by atoms with Crippen LogP contribution in [0.4, 0.5) is 4.79 Å². The van der Waals surface area contributed by atoms with Crippen molar-refractivity contribution in [2.45, 2.75) is 45.9 Å². The molecule has 2 aromatic rings. The van der Waals surface area contributed by atoms with E-state index in [2.05, 4.69) is 25.7 Å². The molecule has 2 aromatic heterocycles. The summed E-state index contributed by atoms with van der Waals surface area (Å²) in [6.45, 7) is 10.1. The van der Waals surface area contributed by atoms with Crippen LogP contribution >= 0.6 is 0 Å². The van der Waals surface area contributed by atoms with Gasteiger partial charge in [-0.25, -0.2) is 19.5 Å². The maximum Gasteiger partial charge on any atom is 0.410 e. The first-order chi connectivity index (χ1) is 13.8. The highest BCUT2D eigenvalue weighted by molar-refractivity contribution is 5.80. The molecule has 1 amide bonds. The van der Waals surface area contributed by atoms with E-state index < -0.39 is 5.60 Å². The molecule has 156 valence electrons. The lowest BCUT2D eigenvalue weighted by molar-refractivity contribution is 0.00701. The van der Waals surface area contributed by atoms with E-state index >= 15 is 0 Å². The topological polar surface area (TPSA) is 96.7 Å². The van der Waals surface area contributed by atoms with Gasteiger partial charge in [-0.3, -0.25) is 0 Å². The van der Waals surface area contributed by atoms with E-state index in [9.17, 15) is 4.79 Å². The van der Waals surface area contributed by atoms with Crippen molar-refractivity contribution in [3.63, 3.8) is 0 Å². The quantitative estimate of drug-likeness (QED) is 0.589. The lowest BCUT2D eigenvalue weighted by atomic mass is 10.1. The number of carbonyl (C=O) groups excluding carboxylic acids is 1. The van der Waals surface area contributed by atoms with Crippen molar-refractivity contribution in [1.29, 1.82) is 0 Å². The minimum absolute atomic E-state index is 0.150. The van der Waals surface area contributed by atoms with E-state index in [1.807, 2.05) is 52.1 Å². The smallest absolute Gasteiger partial charge is 0.410 e. The molecular weight excluding hydrogens is 370 g/mol. The van der Waals surface area contributed by atoms with Crippen LogP contribution in [0.5, 0.6) is 0 Å². The highest BCUT2D eigenvalue weighted by atomic mass is 16.6. The second-order valence-electron chi connectivity index (χ2n) is 7.89. The van der Waals surface area contributed by atoms with Gasteiger partial charge in [0.1, 0.15) is 5.60 Å². The SMILES string of the molecule is CCNC(=NCc1ccnc(-n2cccn2)c1)NC1CN(C(=O)OC(C)(C)C)C1. The van der Waals surface area contributed by atoms with Crippen LogP contribution in [-0.2, 0) is 11.3 Å². The van der Waals surface area contributed by atoms with E-state index in [0.717, 1.165) is 23.9 Å². The molecule has 29 heavy (non-hydrogen) atoms. The number of pyridine rings is 1. The fourth-order valence-corrected chi connectivity index (χ4v) is 2.82. The van der Waals surface area contributed by atoms with Crippen molar-refractivity contribution in [3.05, 3.63) is 42.4 Å². The molecule has 0 radical (unpaired) electrons. The summed E-state index contributed by atoms with van der Waals surface area (Å²) in [5.41, 5.74) is 0.553. The highest BCUT2D eigenvalue weighted by Crippen LogP contribution is 2.15. The number of aliphatic imine (C=N–C) groups is 1. The minimum Gasteiger partial charge on any atom is -0.444 e. The molecule has 0 bridgehead atoms. The van der Waals surface area contributed by atoms with E-state index in [0.29, 0.717) is 19.6 Å². The lowest BCUT2D eigenvalue weighted by Gasteiger charge is -2.40.